The Morgan fingerprint density at radius 3 is 2.86 bits per heavy atom. The number of nitrogens with zero attached hydrogens (tertiary/aromatic N) is 1. The molecule has 0 radical (unpaired) electrons. The van der Waals surface area contributed by atoms with E-state index in [1.807, 2.05) is 44.3 Å². The van der Waals surface area contributed by atoms with Crippen LogP contribution in [0.4, 0.5) is 4.39 Å². The van der Waals surface area contributed by atoms with E-state index >= 15 is 4.39 Å². The fourth-order valence-corrected chi connectivity index (χ4v) is 3.69. The molecule has 3 rings (SSSR count). The zero-order chi connectivity index (χ0) is 20.8. The number of aryl methyl sites for hydroxylation is 1. The molecule has 6 heteroatoms. The predicted molar refractivity (Wildman–Crippen MR) is 111 cm³/mol. The van der Waals surface area contributed by atoms with E-state index in [2.05, 4.69) is 10.2 Å². The van der Waals surface area contributed by atoms with Gasteiger partial charge in [-0.15, -0.1) is 0 Å². The van der Waals surface area contributed by atoms with Crippen molar-refractivity contribution in [2.75, 3.05) is 39.9 Å². The third-order valence-electron chi connectivity index (χ3n) is 5.07. The second kappa shape index (κ2) is 9.96. The highest BCUT2D eigenvalue weighted by Gasteiger charge is 2.31. The summed E-state index contributed by atoms with van der Waals surface area (Å²) in [4.78, 5) is 13.4. The molecule has 0 unspecified atom stereocenters. The van der Waals surface area contributed by atoms with Crippen molar-refractivity contribution in [1.29, 1.82) is 0 Å². The zero-order valence-corrected chi connectivity index (χ0v) is 17.3. The lowest BCUT2D eigenvalue weighted by atomic mass is 9.92. The van der Waals surface area contributed by atoms with Crippen LogP contribution in [-0.4, -0.2) is 56.8 Å². The van der Waals surface area contributed by atoms with Crippen LogP contribution >= 0.6 is 0 Å². The Kier molecular flexibility index (Phi) is 7.36. The Bertz CT molecular complexity index is 843. The van der Waals surface area contributed by atoms with Crippen molar-refractivity contribution in [3.8, 4) is 11.1 Å². The second-order valence-corrected chi connectivity index (χ2v) is 7.52. The minimum atomic E-state index is -0.447. The van der Waals surface area contributed by atoms with E-state index in [0.29, 0.717) is 31.9 Å². The summed E-state index contributed by atoms with van der Waals surface area (Å²) >= 11 is 0. The average Bonchev–Trinajstić information content (AvgIpc) is 2.67. The third-order valence-corrected chi connectivity index (χ3v) is 5.07. The number of amides is 1. The molecule has 2 aromatic carbocycles. The Labute approximate surface area is 171 Å². The minimum absolute atomic E-state index is 0.106. The number of carbonyl (C=O) groups excluding carboxylic acids is 1. The largest absolute Gasteiger partial charge is 0.372 e. The van der Waals surface area contributed by atoms with Gasteiger partial charge < -0.3 is 19.7 Å². The van der Waals surface area contributed by atoms with Crippen molar-refractivity contribution in [3.05, 3.63) is 59.4 Å². The maximum absolute atomic E-state index is 15.0. The lowest BCUT2D eigenvalue weighted by Gasteiger charge is -2.36. The molecule has 0 spiro atoms. The van der Waals surface area contributed by atoms with Gasteiger partial charge in [-0.2, -0.15) is 0 Å². The smallest absolute Gasteiger partial charge is 0.216 e. The van der Waals surface area contributed by atoms with Crippen molar-refractivity contribution in [1.82, 2.24) is 10.2 Å². The monoisotopic (exact) mass is 400 g/mol. The maximum Gasteiger partial charge on any atom is 0.216 e. The van der Waals surface area contributed by atoms with Crippen LogP contribution in [0.25, 0.3) is 11.1 Å². The quantitative estimate of drug-likeness (QED) is 0.725. The molecule has 0 saturated carbocycles. The van der Waals surface area contributed by atoms with Gasteiger partial charge in [0.2, 0.25) is 5.91 Å². The van der Waals surface area contributed by atoms with Crippen LogP contribution in [0.3, 0.4) is 0 Å². The minimum Gasteiger partial charge on any atom is -0.372 e. The molecule has 2 aromatic rings. The Morgan fingerprint density at radius 2 is 2.14 bits per heavy atom. The number of nitrogens with one attached hydrogen (secondary N) is 1. The molecule has 1 fully saturated rings. The number of morpholine rings is 1. The highest BCUT2D eigenvalue weighted by Crippen LogP contribution is 2.36. The first kappa shape index (κ1) is 21.4. The first-order chi connectivity index (χ1) is 14.0. The van der Waals surface area contributed by atoms with Crippen molar-refractivity contribution in [2.24, 2.45) is 0 Å². The van der Waals surface area contributed by atoms with Gasteiger partial charge in [0.05, 0.1) is 13.2 Å². The van der Waals surface area contributed by atoms with Crippen LogP contribution in [0.2, 0.25) is 0 Å². The SMILES string of the molecule is CC(=O)NCCO[C@@H](c1cccc(F)c1-c1cccc(C)c1)[C@H]1CN(C)CCO1. The topological polar surface area (TPSA) is 50.8 Å². The Morgan fingerprint density at radius 1 is 1.34 bits per heavy atom. The van der Waals surface area contributed by atoms with Gasteiger partial charge in [-0.25, -0.2) is 4.39 Å². The molecule has 1 aliphatic heterocycles. The van der Waals surface area contributed by atoms with Crippen LogP contribution < -0.4 is 5.32 Å². The molecular formula is C23H29FN2O3. The molecule has 0 aliphatic carbocycles. The number of hydrogen-bond donors (Lipinski definition) is 1. The van der Waals surface area contributed by atoms with E-state index in [1.165, 1.54) is 13.0 Å². The van der Waals surface area contributed by atoms with Crippen molar-refractivity contribution in [3.63, 3.8) is 0 Å². The summed E-state index contributed by atoms with van der Waals surface area (Å²) in [7, 11) is 2.04. The summed E-state index contributed by atoms with van der Waals surface area (Å²) in [5.74, 6) is -0.391. The van der Waals surface area contributed by atoms with Gasteiger partial charge in [0.25, 0.3) is 0 Å². The Hall–Kier alpha value is -2.28. The summed E-state index contributed by atoms with van der Waals surface area (Å²) in [6.07, 6.45) is -0.672. The number of ether oxygens (including phenoxy) is 2. The summed E-state index contributed by atoms with van der Waals surface area (Å²) in [5, 5.41) is 2.74. The van der Waals surface area contributed by atoms with Crippen molar-refractivity contribution >= 4 is 5.91 Å². The van der Waals surface area contributed by atoms with Gasteiger partial charge in [0.1, 0.15) is 18.0 Å². The van der Waals surface area contributed by atoms with Gasteiger partial charge in [-0.05, 0) is 31.2 Å². The fraction of sp³-hybridized carbons (Fsp3) is 0.435. The third kappa shape index (κ3) is 5.63. The van der Waals surface area contributed by atoms with Crippen molar-refractivity contribution in [2.45, 2.75) is 26.1 Å². The van der Waals surface area contributed by atoms with Crippen LogP contribution in [-0.2, 0) is 14.3 Å². The van der Waals surface area contributed by atoms with E-state index in [4.69, 9.17) is 9.47 Å². The number of hydrogen-bond acceptors (Lipinski definition) is 4. The number of halogens is 1. The summed E-state index contributed by atoms with van der Waals surface area (Å²) in [6.45, 7) is 6.31. The molecule has 1 aliphatic rings. The van der Waals surface area contributed by atoms with E-state index in [1.54, 1.807) is 6.07 Å². The van der Waals surface area contributed by atoms with Crippen molar-refractivity contribution < 1.29 is 18.7 Å². The van der Waals surface area contributed by atoms with Gasteiger partial charge in [-0.1, -0.05) is 42.0 Å². The van der Waals surface area contributed by atoms with E-state index in [9.17, 15) is 4.79 Å². The Balaban J connectivity index is 1.96. The first-order valence-electron chi connectivity index (χ1n) is 9.97. The molecule has 29 heavy (non-hydrogen) atoms. The molecule has 1 N–H and O–H groups in total. The van der Waals surface area contributed by atoms with Crippen LogP contribution in [0.5, 0.6) is 0 Å². The summed E-state index contributed by atoms with van der Waals surface area (Å²) < 4.78 is 27.2. The molecule has 0 aromatic heterocycles. The van der Waals surface area contributed by atoms with E-state index < -0.39 is 6.10 Å². The van der Waals surface area contributed by atoms with Crippen LogP contribution in [0.1, 0.15) is 24.2 Å². The van der Waals surface area contributed by atoms with Gasteiger partial charge in [0, 0.05) is 32.1 Å². The molecule has 1 amide bonds. The second-order valence-electron chi connectivity index (χ2n) is 7.52. The summed E-state index contributed by atoms with van der Waals surface area (Å²) in [5.41, 5.74) is 3.18. The average molecular weight is 400 g/mol. The fourth-order valence-electron chi connectivity index (χ4n) is 3.69. The maximum atomic E-state index is 15.0. The van der Waals surface area contributed by atoms with Crippen LogP contribution in [0, 0.1) is 12.7 Å². The number of rotatable bonds is 7. The lowest BCUT2D eigenvalue weighted by molar-refractivity contribution is -0.121. The van der Waals surface area contributed by atoms with Gasteiger partial charge in [-0.3, -0.25) is 4.79 Å². The lowest BCUT2D eigenvalue weighted by Crippen LogP contribution is -2.44. The zero-order valence-electron chi connectivity index (χ0n) is 17.3. The highest BCUT2D eigenvalue weighted by atomic mass is 19.1. The van der Waals surface area contributed by atoms with E-state index in [0.717, 1.165) is 23.2 Å². The first-order valence-corrected chi connectivity index (χ1v) is 9.97. The number of carbonyl (C=O) groups is 1. The molecule has 156 valence electrons. The normalized spacial score (nSPS) is 18.4. The number of benzene rings is 2. The van der Waals surface area contributed by atoms with Crippen LogP contribution in [0.15, 0.2) is 42.5 Å². The predicted octanol–water partition coefficient (Wildman–Crippen LogP) is 3.33. The molecule has 0 bridgehead atoms. The highest BCUT2D eigenvalue weighted by molar-refractivity contribution is 5.72. The summed E-state index contributed by atoms with van der Waals surface area (Å²) in [6, 6.07) is 12.9. The standard InChI is InChI=1S/C23H29FN2O3/c1-16-6-4-7-18(14-16)22-19(8-5-9-20(22)24)23(29-12-10-25-17(2)27)21-15-26(3)11-13-28-21/h4-9,14,21,23H,10-13,15H2,1-3H3,(H,25,27)/t21-,23+/m1/s1. The van der Waals surface area contributed by atoms with Gasteiger partial charge >= 0.3 is 0 Å². The van der Waals surface area contributed by atoms with E-state index in [-0.39, 0.29) is 17.8 Å². The molecule has 1 heterocycles. The molecular weight excluding hydrogens is 371 g/mol. The number of likely N-dealkylation sites (N-methyl/N-ethyl adjacent to an activating group) is 1. The molecule has 1 saturated heterocycles. The van der Waals surface area contributed by atoms with Gasteiger partial charge in [0.15, 0.2) is 0 Å². The molecule has 5 nitrogen and oxygen atoms in total. The molecule has 2 atom stereocenters.